The molecule has 0 aromatic heterocycles. The number of nitrogens with two attached hydrogens (primary N) is 3. The fraction of sp³-hybridized carbons (Fsp3) is 0.947. The lowest BCUT2D eigenvalue weighted by Crippen LogP contribution is -2.51. The van der Waals surface area contributed by atoms with Crippen LogP contribution in [0.1, 0.15) is 110 Å². The highest BCUT2D eigenvalue weighted by molar-refractivity contribution is 7.80. The molecule has 0 aromatic carbocycles. The summed E-state index contributed by atoms with van der Waals surface area (Å²) in [6.07, 6.45) is 20.3. The summed E-state index contributed by atoms with van der Waals surface area (Å²) in [4.78, 5) is 0. The lowest BCUT2D eigenvalue weighted by molar-refractivity contribution is -0.116. The van der Waals surface area contributed by atoms with Crippen molar-refractivity contribution in [3.8, 4) is 0 Å². The summed E-state index contributed by atoms with van der Waals surface area (Å²) < 4.78 is 34.8. The van der Waals surface area contributed by atoms with Crippen LogP contribution in [0.15, 0.2) is 0 Å². The minimum atomic E-state index is -4.49. The van der Waals surface area contributed by atoms with Crippen molar-refractivity contribution in [2.45, 2.75) is 110 Å². The zero-order valence-electron chi connectivity index (χ0n) is 17.3. The molecule has 0 fully saturated rings. The first-order valence-electron chi connectivity index (χ1n) is 10.5. The van der Waals surface area contributed by atoms with Crippen LogP contribution in [0.5, 0.6) is 0 Å². The molecular formula is C19H43N3O4S. The van der Waals surface area contributed by atoms with E-state index in [1.54, 1.807) is 0 Å². The van der Waals surface area contributed by atoms with Gasteiger partial charge < -0.3 is 4.55 Å². The van der Waals surface area contributed by atoms with Crippen LogP contribution in [0.3, 0.4) is 0 Å². The normalized spacial score (nSPS) is 11.0. The molecule has 0 saturated heterocycles. The summed E-state index contributed by atoms with van der Waals surface area (Å²) >= 11 is 0. The van der Waals surface area contributed by atoms with E-state index in [9.17, 15) is 13.0 Å². The third kappa shape index (κ3) is 36.7. The van der Waals surface area contributed by atoms with Crippen LogP contribution in [0, 0.1) is 0 Å². The van der Waals surface area contributed by atoms with Crippen molar-refractivity contribution in [2.75, 3.05) is 6.61 Å². The van der Waals surface area contributed by atoms with E-state index in [1.165, 1.54) is 83.5 Å². The molecule has 164 valence electrons. The van der Waals surface area contributed by atoms with Gasteiger partial charge in [-0.1, -0.05) is 103 Å². The highest BCUT2D eigenvalue weighted by atomic mass is 32.3. The van der Waals surface area contributed by atoms with Crippen LogP contribution >= 0.6 is 0 Å². The summed E-state index contributed by atoms with van der Waals surface area (Å²) in [5.41, 5.74) is 9.17. The number of guanidine groups is 1. The highest BCUT2D eigenvalue weighted by Crippen LogP contribution is 2.13. The Hall–Kier alpha value is -0.860. The van der Waals surface area contributed by atoms with Gasteiger partial charge in [0, 0.05) is 0 Å². The molecule has 0 radical (unpaired) electrons. The van der Waals surface area contributed by atoms with Gasteiger partial charge in [-0.15, -0.1) is 0 Å². The molecule has 0 aromatic rings. The van der Waals surface area contributed by atoms with E-state index in [4.69, 9.17) is 0 Å². The van der Waals surface area contributed by atoms with Gasteiger partial charge in [-0.2, -0.15) is 0 Å². The van der Waals surface area contributed by atoms with Crippen LogP contribution in [-0.4, -0.2) is 25.5 Å². The lowest BCUT2D eigenvalue weighted by atomic mass is 10.0. The SMILES string of the molecule is CCCCCCCCCCCCCCCCCCOS(=O)(=O)[O-].NC(N)=[NH2+]. The quantitative estimate of drug-likeness (QED) is 0.104. The number of unbranched alkanes of at least 4 members (excludes halogenated alkanes) is 15. The molecule has 0 rings (SSSR count). The third-order valence-electron chi connectivity index (χ3n) is 4.23. The second-order valence-corrected chi connectivity index (χ2v) is 8.09. The molecular weight excluding hydrogens is 366 g/mol. The zero-order chi connectivity index (χ0) is 20.8. The molecule has 27 heavy (non-hydrogen) atoms. The van der Waals surface area contributed by atoms with Crippen molar-refractivity contribution in [3.63, 3.8) is 0 Å². The fourth-order valence-corrected chi connectivity index (χ4v) is 3.13. The predicted octanol–water partition coefficient (Wildman–Crippen LogP) is 2.74. The van der Waals surface area contributed by atoms with Crippen LogP contribution in [0.4, 0.5) is 0 Å². The van der Waals surface area contributed by atoms with Gasteiger partial charge in [0.1, 0.15) is 0 Å². The Labute approximate surface area is 167 Å². The van der Waals surface area contributed by atoms with E-state index in [0.29, 0.717) is 6.42 Å². The van der Waals surface area contributed by atoms with E-state index < -0.39 is 10.4 Å². The Balaban J connectivity index is 0. The van der Waals surface area contributed by atoms with Gasteiger partial charge in [-0.3, -0.25) is 21.1 Å². The van der Waals surface area contributed by atoms with Gasteiger partial charge in [-0.05, 0) is 6.42 Å². The first-order chi connectivity index (χ1) is 12.8. The average molecular weight is 410 g/mol. The van der Waals surface area contributed by atoms with Gasteiger partial charge in [-0.25, -0.2) is 8.42 Å². The second-order valence-electron chi connectivity index (χ2n) is 7.03. The molecule has 7 nitrogen and oxygen atoms in total. The first kappa shape index (κ1) is 28.4. The van der Waals surface area contributed by atoms with Crippen molar-refractivity contribution < 1.29 is 22.6 Å². The molecule has 0 saturated carbocycles. The van der Waals surface area contributed by atoms with Crippen molar-refractivity contribution in [3.05, 3.63) is 0 Å². The molecule has 0 aliphatic rings. The van der Waals surface area contributed by atoms with E-state index in [2.05, 4.69) is 28.0 Å². The van der Waals surface area contributed by atoms with Crippen molar-refractivity contribution >= 4 is 16.4 Å². The molecule has 0 heterocycles. The summed E-state index contributed by atoms with van der Waals surface area (Å²) in [5.74, 6) is -0.0833. The first-order valence-corrected chi connectivity index (χ1v) is 11.9. The van der Waals surface area contributed by atoms with Crippen LogP contribution in [-0.2, 0) is 14.6 Å². The maximum atomic E-state index is 10.2. The molecule has 0 spiro atoms. The smallest absolute Gasteiger partial charge is 0.336 e. The van der Waals surface area contributed by atoms with E-state index in [0.717, 1.165) is 12.8 Å². The maximum absolute atomic E-state index is 10.2. The topological polar surface area (TPSA) is 144 Å². The summed E-state index contributed by atoms with van der Waals surface area (Å²) in [5, 5.41) is 4.58. The molecule has 8 heteroatoms. The summed E-state index contributed by atoms with van der Waals surface area (Å²) in [7, 11) is -4.49. The average Bonchev–Trinajstić information content (AvgIpc) is 2.56. The largest absolute Gasteiger partial charge is 0.726 e. The molecule has 0 atom stereocenters. The fourth-order valence-electron chi connectivity index (χ4n) is 2.81. The Morgan fingerprint density at radius 2 is 1.00 bits per heavy atom. The van der Waals surface area contributed by atoms with Gasteiger partial charge in [0.25, 0.3) is 0 Å². The van der Waals surface area contributed by atoms with Crippen LogP contribution in [0.25, 0.3) is 0 Å². The van der Waals surface area contributed by atoms with E-state index >= 15 is 0 Å². The molecule has 0 amide bonds. The molecule has 6 N–H and O–H groups in total. The highest BCUT2D eigenvalue weighted by Gasteiger charge is 1.96. The standard InChI is InChI=1S/C18H38O4S.CH5N3/c1-2-3-4-5-6-7-8-9-10-11-12-13-14-15-16-17-18-22-23(19,20)21;2-1(3)4/h2-18H2,1H3,(H,19,20,21);(H5,2,3,4). The molecule has 0 aliphatic carbocycles. The number of hydrogen-bond donors (Lipinski definition) is 3. The van der Waals surface area contributed by atoms with Crippen LogP contribution in [0.2, 0.25) is 0 Å². The Kier molecular flexibility index (Phi) is 22.5. The van der Waals surface area contributed by atoms with Gasteiger partial charge in [0.15, 0.2) is 0 Å². The predicted molar refractivity (Wildman–Crippen MR) is 111 cm³/mol. The van der Waals surface area contributed by atoms with Crippen molar-refractivity contribution in [1.82, 2.24) is 0 Å². The molecule has 0 unspecified atom stereocenters. The van der Waals surface area contributed by atoms with Gasteiger partial charge in [0.05, 0.1) is 6.61 Å². The third-order valence-corrected chi connectivity index (χ3v) is 4.68. The van der Waals surface area contributed by atoms with E-state index in [1.807, 2.05) is 0 Å². The van der Waals surface area contributed by atoms with Crippen molar-refractivity contribution in [1.29, 1.82) is 0 Å². The van der Waals surface area contributed by atoms with E-state index in [-0.39, 0.29) is 12.6 Å². The Bertz CT molecular complexity index is 413. The Morgan fingerprint density at radius 3 is 1.26 bits per heavy atom. The molecule has 0 aliphatic heterocycles. The summed E-state index contributed by atoms with van der Waals surface area (Å²) in [6, 6.07) is 0. The number of rotatable bonds is 18. The summed E-state index contributed by atoms with van der Waals surface area (Å²) in [6.45, 7) is 2.29. The van der Waals surface area contributed by atoms with Crippen molar-refractivity contribution in [2.24, 2.45) is 11.5 Å². The van der Waals surface area contributed by atoms with Gasteiger partial charge >= 0.3 is 5.96 Å². The van der Waals surface area contributed by atoms with Gasteiger partial charge in [0.2, 0.25) is 10.4 Å². The monoisotopic (exact) mass is 409 g/mol. The molecule has 0 bridgehead atoms. The zero-order valence-corrected chi connectivity index (χ0v) is 18.1. The number of hydrogen-bond acceptors (Lipinski definition) is 4. The lowest BCUT2D eigenvalue weighted by Gasteiger charge is -2.07. The second kappa shape index (κ2) is 21.4. The minimum absolute atomic E-state index is 0.0320. The Morgan fingerprint density at radius 1 is 0.741 bits per heavy atom. The maximum Gasteiger partial charge on any atom is 0.336 e. The minimum Gasteiger partial charge on any atom is -0.726 e. The van der Waals surface area contributed by atoms with Crippen LogP contribution < -0.4 is 16.9 Å².